The molecule has 1 aliphatic carbocycles. The molecule has 2 aliphatic rings. The molecule has 78 heavy (non-hydrogen) atoms. The number of aromatic amines is 3. The number of aromatic nitrogens is 9. The minimum atomic E-state index is -0.504. The molecule has 12 N–H and O–H groups in total. The molecular weight excluding hydrogens is 995 g/mol. The smallest absolute Gasteiger partial charge is 0.248 e. The molecule has 2 fully saturated rings. The van der Waals surface area contributed by atoms with Gasteiger partial charge in [0.1, 0.15) is 76.7 Å². The summed E-state index contributed by atoms with van der Waals surface area (Å²) >= 11 is 0. The van der Waals surface area contributed by atoms with Gasteiger partial charge in [-0.1, -0.05) is 0 Å². The number of H-pyrrole nitrogens is 3. The number of nitrogens with one attached hydrogen (secondary N) is 6. The van der Waals surface area contributed by atoms with Crippen molar-refractivity contribution >= 4 is 85.3 Å². The van der Waals surface area contributed by atoms with E-state index in [1.165, 1.54) is 19.0 Å². The number of ether oxygens (including phenoxy) is 4. The Morgan fingerprint density at radius 1 is 0.538 bits per heavy atom. The van der Waals surface area contributed by atoms with Crippen LogP contribution >= 0.6 is 0 Å². The van der Waals surface area contributed by atoms with Crippen LogP contribution in [0.25, 0.3) is 33.1 Å². The van der Waals surface area contributed by atoms with Gasteiger partial charge in [0.25, 0.3) is 0 Å². The summed E-state index contributed by atoms with van der Waals surface area (Å²) in [5.41, 5.74) is 28.3. The first-order chi connectivity index (χ1) is 37.6. The first-order valence-corrected chi connectivity index (χ1v) is 25.6. The van der Waals surface area contributed by atoms with Gasteiger partial charge in [-0.3, -0.25) is 14.4 Å². The monoisotopic (exact) mass is 1060 g/mol. The van der Waals surface area contributed by atoms with Crippen molar-refractivity contribution in [3.8, 4) is 17.2 Å². The SMILES string of the molecule is CCOc1cc(C(N)=O)ccc1Nc1ncnc2[nH]c(C)c(C)c12.Cc1[nH]c2ncnc(Nc3ccc(C(N)=O)cc3OC3CCCC3)c2c1C.Cc1[nH]c2ncnc(Nc3ccc(C(N)=O)cc3OC3CCOC3)c2c1C. The number of primary amides is 3. The van der Waals surface area contributed by atoms with E-state index in [0.29, 0.717) is 82.6 Å². The van der Waals surface area contributed by atoms with Crippen LogP contribution in [-0.4, -0.2) is 94.6 Å². The van der Waals surface area contributed by atoms with Crippen LogP contribution in [0.5, 0.6) is 17.2 Å². The number of aryl methyl sites for hydroxylation is 6. The van der Waals surface area contributed by atoms with Crippen molar-refractivity contribution in [2.24, 2.45) is 17.2 Å². The molecule has 1 aliphatic heterocycles. The zero-order valence-corrected chi connectivity index (χ0v) is 44.5. The van der Waals surface area contributed by atoms with Crippen molar-refractivity contribution in [3.05, 3.63) is 124 Å². The van der Waals surface area contributed by atoms with Gasteiger partial charge in [0.2, 0.25) is 17.7 Å². The van der Waals surface area contributed by atoms with Gasteiger partial charge in [0.05, 0.1) is 59.1 Å². The minimum absolute atomic E-state index is 0.0599. The van der Waals surface area contributed by atoms with Gasteiger partial charge < -0.3 is 67.1 Å². The Bertz CT molecular complexity index is 3520. The molecule has 7 heterocycles. The molecule has 1 saturated carbocycles. The van der Waals surface area contributed by atoms with Crippen LogP contribution in [0.15, 0.2) is 73.6 Å². The van der Waals surface area contributed by atoms with Gasteiger partial charge >= 0.3 is 0 Å². The van der Waals surface area contributed by atoms with E-state index in [1.54, 1.807) is 48.5 Å². The second kappa shape index (κ2) is 23.3. The van der Waals surface area contributed by atoms with Crippen molar-refractivity contribution in [3.63, 3.8) is 0 Å². The molecule has 3 aromatic carbocycles. The lowest BCUT2D eigenvalue weighted by molar-refractivity contribution is 0.0991. The van der Waals surface area contributed by atoms with Crippen LogP contribution in [0.2, 0.25) is 0 Å². The first-order valence-electron chi connectivity index (χ1n) is 25.6. The van der Waals surface area contributed by atoms with Crippen molar-refractivity contribution in [2.75, 3.05) is 35.8 Å². The second-order valence-electron chi connectivity index (χ2n) is 19.1. The number of rotatable bonds is 15. The fourth-order valence-corrected chi connectivity index (χ4v) is 9.33. The third-order valence-corrected chi connectivity index (χ3v) is 13.9. The zero-order valence-electron chi connectivity index (χ0n) is 44.5. The Hall–Kier alpha value is -9.31. The number of amides is 3. The molecule has 6 aromatic heterocycles. The van der Waals surface area contributed by atoms with Crippen LogP contribution in [0.3, 0.4) is 0 Å². The second-order valence-corrected chi connectivity index (χ2v) is 19.1. The average Bonchev–Trinajstić information content (AvgIpc) is 4.28. The molecule has 9 aromatic rings. The van der Waals surface area contributed by atoms with E-state index in [4.69, 9.17) is 36.1 Å². The maximum atomic E-state index is 11.6. The fourth-order valence-electron chi connectivity index (χ4n) is 9.33. The van der Waals surface area contributed by atoms with Gasteiger partial charge in [-0.05, 0) is 145 Å². The largest absolute Gasteiger partial charge is 0.492 e. The van der Waals surface area contributed by atoms with Crippen molar-refractivity contribution < 1.29 is 33.3 Å². The van der Waals surface area contributed by atoms with E-state index in [9.17, 15) is 14.4 Å². The lowest BCUT2D eigenvalue weighted by Gasteiger charge is -2.18. The lowest BCUT2D eigenvalue weighted by atomic mass is 10.1. The van der Waals surface area contributed by atoms with Gasteiger partial charge in [0, 0.05) is 40.2 Å². The molecule has 3 amide bonds. The average molecular weight is 1060 g/mol. The maximum Gasteiger partial charge on any atom is 0.248 e. The predicted molar refractivity (Wildman–Crippen MR) is 299 cm³/mol. The highest BCUT2D eigenvalue weighted by Gasteiger charge is 2.23. The van der Waals surface area contributed by atoms with Crippen LogP contribution in [0.1, 0.15) is 104 Å². The summed E-state index contributed by atoms with van der Waals surface area (Å²) in [6.45, 7) is 15.6. The fraction of sp³-hybridized carbons (Fsp3) is 0.304. The Morgan fingerprint density at radius 2 is 0.910 bits per heavy atom. The first kappa shape index (κ1) is 53.5. The Balaban J connectivity index is 0.000000143. The summed E-state index contributed by atoms with van der Waals surface area (Å²) < 4.78 is 23.3. The Labute approximate surface area is 449 Å². The van der Waals surface area contributed by atoms with Crippen LogP contribution in [0, 0.1) is 41.5 Å². The van der Waals surface area contributed by atoms with E-state index in [2.05, 4.69) is 60.8 Å². The standard InChI is InChI=1S/C20H23N5O2.C19H21N5O3.C17H19N5O2/c1-11-12(2)24-19-17(11)20(23-10-22-19)25-15-8-7-13(18(21)26)9-16(15)27-14-5-3-4-6-14;1-10-11(2)23-18-16(10)19(22-9-21-18)24-14-4-3-12(17(20)25)7-15(14)27-13-5-6-26-8-13;1-4-24-13-7-11(15(18)23)5-6-12(13)22-17-14-9(2)10(3)21-16(14)19-8-20-17/h7-10,14H,3-6H2,1-2H3,(H2,21,26)(H2,22,23,24,25);3-4,7,9,13H,5-6,8H2,1-2H3,(H2,20,25)(H2,21,22,23,24);5-8H,4H2,1-3H3,(H2,18,23)(H2,19,20,21,22). The molecule has 0 spiro atoms. The highest BCUT2D eigenvalue weighted by atomic mass is 16.5. The highest BCUT2D eigenvalue weighted by Crippen LogP contribution is 2.37. The van der Waals surface area contributed by atoms with Gasteiger partial charge in [-0.2, -0.15) is 0 Å². The summed E-state index contributed by atoms with van der Waals surface area (Å²) in [6.07, 6.45) is 9.80. The third-order valence-electron chi connectivity index (χ3n) is 13.9. The number of nitrogens with two attached hydrogens (primary N) is 3. The number of carbonyl (C=O) groups excluding carboxylic acids is 3. The molecular formula is C56H63N15O7. The van der Waals surface area contributed by atoms with E-state index >= 15 is 0 Å². The number of anilines is 6. The number of nitrogens with zero attached hydrogens (tertiary/aromatic N) is 6. The third kappa shape index (κ3) is 11.7. The van der Waals surface area contributed by atoms with E-state index < -0.39 is 17.7 Å². The van der Waals surface area contributed by atoms with Gasteiger partial charge in [-0.15, -0.1) is 0 Å². The Kier molecular flexibility index (Phi) is 16.0. The van der Waals surface area contributed by atoms with Crippen LogP contribution in [0.4, 0.5) is 34.5 Å². The number of fused-ring (bicyclic) bond motifs is 3. The molecule has 1 atom stereocenters. The molecule has 22 nitrogen and oxygen atoms in total. The van der Waals surface area contributed by atoms with E-state index in [-0.39, 0.29) is 12.2 Å². The molecule has 1 saturated heterocycles. The summed E-state index contributed by atoms with van der Waals surface area (Å²) in [4.78, 5) is 70.3. The van der Waals surface area contributed by atoms with Crippen molar-refractivity contribution in [1.29, 1.82) is 0 Å². The number of carbonyl (C=O) groups is 3. The van der Waals surface area contributed by atoms with Crippen LogP contribution in [-0.2, 0) is 4.74 Å². The topological polar surface area (TPSA) is 327 Å². The van der Waals surface area contributed by atoms with Crippen molar-refractivity contribution in [2.45, 2.75) is 92.8 Å². The number of hydrogen-bond donors (Lipinski definition) is 9. The molecule has 404 valence electrons. The number of benzene rings is 3. The predicted octanol–water partition coefficient (Wildman–Crippen LogP) is 9.14. The zero-order chi connectivity index (χ0) is 55.2. The van der Waals surface area contributed by atoms with Gasteiger partial charge in [-0.25, -0.2) is 29.9 Å². The summed E-state index contributed by atoms with van der Waals surface area (Å²) in [6, 6.07) is 15.3. The van der Waals surface area contributed by atoms with Crippen molar-refractivity contribution in [1.82, 2.24) is 44.9 Å². The molecule has 0 bridgehead atoms. The molecule has 22 heteroatoms. The minimum Gasteiger partial charge on any atom is -0.492 e. The van der Waals surface area contributed by atoms with Crippen LogP contribution < -0.4 is 47.4 Å². The lowest BCUT2D eigenvalue weighted by Crippen LogP contribution is -2.18. The van der Waals surface area contributed by atoms with E-state index in [1.807, 2.05) is 54.5 Å². The van der Waals surface area contributed by atoms with Gasteiger partial charge in [0.15, 0.2) is 0 Å². The molecule has 11 rings (SSSR count). The Morgan fingerprint density at radius 3 is 1.27 bits per heavy atom. The quantitative estimate of drug-likeness (QED) is 0.0462. The normalized spacial score (nSPS) is 14.1. The maximum absolute atomic E-state index is 11.6. The highest BCUT2D eigenvalue weighted by molar-refractivity contribution is 5.98. The van der Waals surface area contributed by atoms with E-state index in [0.717, 1.165) is 105 Å². The summed E-state index contributed by atoms with van der Waals surface area (Å²) in [5, 5.41) is 12.7. The summed E-state index contributed by atoms with van der Waals surface area (Å²) in [7, 11) is 0. The molecule has 1 unspecified atom stereocenters. The number of hydrogen-bond acceptors (Lipinski definition) is 16. The molecule has 0 radical (unpaired) electrons. The summed E-state index contributed by atoms with van der Waals surface area (Å²) in [5.74, 6) is 2.28.